The minimum absolute atomic E-state index is 0.513. The molecule has 0 saturated heterocycles. The average molecular weight is 304 g/mol. The predicted octanol–water partition coefficient (Wildman–Crippen LogP) is 4.26. The Hall–Kier alpha value is -1.39. The monoisotopic (exact) mass is 304 g/mol. The molecular formula is C17H24N2OS. The van der Waals surface area contributed by atoms with Crippen molar-refractivity contribution in [3.8, 4) is 5.75 Å². The van der Waals surface area contributed by atoms with Crippen LogP contribution in [0.4, 0.5) is 0 Å². The molecule has 0 fully saturated rings. The minimum atomic E-state index is 0.513. The van der Waals surface area contributed by atoms with Gasteiger partial charge in [-0.05, 0) is 36.6 Å². The van der Waals surface area contributed by atoms with E-state index in [4.69, 9.17) is 4.74 Å². The van der Waals surface area contributed by atoms with Crippen LogP contribution >= 0.6 is 11.3 Å². The van der Waals surface area contributed by atoms with Crippen LogP contribution in [-0.2, 0) is 13.2 Å². The summed E-state index contributed by atoms with van der Waals surface area (Å²) in [4.78, 5) is 4.58. The lowest BCUT2D eigenvalue weighted by Crippen LogP contribution is -2.11. The van der Waals surface area contributed by atoms with Crippen LogP contribution in [0, 0.1) is 6.92 Å². The third-order valence-electron chi connectivity index (χ3n) is 3.38. The summed E-state index contributed by atoms with van der Waals surface area (Å²) < 4.78 is 5.96. The Morgan fingerprint density at radius 3 is 2.86 bits per heavy atom. The largest absolute Gasteiger partial charge is 0.487 e. The molecule has 4 heteroatoms. The molecule has 2 rings (SSSR count). The number of benzene rings is 1. The van der Waals surface area contributed by atoms with Crippen LogP contribution in [0.3, 0.4) is 0 Å². The summed E-state index contributed by atoms with van der Waals surface area (Å²) >= 11 is 1.68. The van der Waals surface area contributed by atoms with Gasteiger partial charge in [-0.1, -0.05) is 32.9 Å². The lowest BCUT2D eigenvalue weighted by atomic mass is 10.0. The van der Waals surface area contributed by atoms with Crippen molar-refractivity contribution in [1.82, 2.24) is 10.3 Å². The second kappa shape index (κ2) is 7.57. The van der Waals surface area contributed by atoms with Gasteiger partial charge >= 0.3 is 0 Å². The molecule has 21 heavy (non-hydrogen) atoms. The Bertz CT molecular complexity index is 578. The Morgan fingerprint density at radius 1 is 1.33 bits per heavy atom. The molecule has 114 valence electrons. The third kappa shape index (κ3) is 4.55. The van der Waals surface area contributed by atoms with Crippen molar-refractivity contribution < 1.29 is 4.74 Å². The molecule has 0 saturated carbocycles. The quantitative estimate of drug-likeness (QED) is 0.829. The van der Waals surface area contributed by atoms with Gasteiger partial charge in [0.15, 0.2) is 0 Å². The summed E-state index contributed by atoms with van der Waals surface area (Å²) in [5, 5.41) is 6.48. The van der Waals surface area contributed by atoms with Crippen molar-refractivity contribution in [1.29, 1.82) is 0 Å². The van der Waals surface area contributed by atoms with E-state index >= 15 is 0 Å². The molecule has 2 aromatic rings. The van der Waals surface area contributed by atoms with Crippen LogP contribution in [0.1, 0.15) is 48.5 Å². The fourth-order valence-electron chi connectivity index (χ4n) is 2.01. The standard InChI is InChI=1S/C17H24N2OS/c1-5-18-9-17-19-15(11-21-17)10-20-16-8-14(12(2)3)7-6-13(16)4/h6-8,11-12,18H,5,9-10H2,1-4H3. The first kappa shape index (κ1) is 16.0. The SMILES string of the molecule is CCNCc1nc(COc2cc(C(C)C)ccc2C)cs1. The van der Waals surface area contributed by atoms with Crippen LogP contribution in [-0.4, -0.2) is 11.5 Å². The van der Waals surface area contributed by atoms with Crippen LogP contribution in [0.5, 0.6) is 5.75 Å². The van der Waals surface area contributed by atoms with E-state index in [0.29, 0.717) is 12.5 Å². The molecule has 0 spiro atoms. The number of ether oxygens (including phenoxy) is 1. The second-order valence-electron chi connectivity index (χ2n) is 5.48. The van der Waals surface area contributed by atoms with Crippen molar-refractivity contribution in [2.45, 2.75) is 46.8 Å². The van der Waals surface area contributed by atoms with Crippen LogP contribution in [0.25, 0.3) is 0 Å². The first-order chi connectivity index (χ1) is 10.1. The van der Waals surface area contributed by atoms with Gasteiger partial charge in [-0.3, -0.25) is 0 Å². The summed E-state index contributed by atoms with van der Waals surface area (Å²) in [6.45, 7) is 10.9. The molecule has 0 amide bonds. The average Bonchev–Trinajstić information content (AvgIpc) is 2.92. The lowest BCUT2D eigenvalue weighted by molar-refractivity contribution is 0.299. The number of aromatic nitrogens is 1. The molecule has 0 unspecified atom stereocenters. The second-order valence-corrected chi connectivity index (χ2v) is 6.42. The first-order valence-electron chi connectivity index (χ1n) is 7.47. The van der Waals surface area contributed by atoms with Crippen molar-refractivity contribution in [3.05, 3.63) is 45.4 Å². The van der Waals surface area contributed by atoms with Gasteiger partial charge in [0.25, 0.3) is 0 Å². The van der Waals surface area contributed by atoms with Crippen LogP contribution < -0.4 is 10.1 Å². The van der Waals surface area contributed by atoms with Gasteiger partial charge in [-0.25, -0.2) is 4.98 Å². The molecule has 0 aliphatic heterocycles. The molecule has 0 aliphatic carbocycles. The zero-order valence-corrected chi connectivity index (χ0v) is 14.1. The maximum Gasteiger partial charge on any atom is 0.131 e. The highest BCUT2D eigenvalue weighted by Gasteiger charge is 2.07. The number of aryl methyl sites for hydroxylation is 1. The smallest absolute Gasteiger partial charge is 0.131 e. The molecular weight excluding hydrogens is 280 g/mol. The summed E-state index contributed by atoms with van der Waals surface area (Å²) in [7, 11) is 0. The number of hydrogen-bond acceptors (Lipinski definition) is 4. The highest BCUT2D eigenvalue weighted by Crippen LogP contribution is 2.25. The highest BCUT2D eigenvalue weighted by molar-refractivity contribution is 7.09. The summed E-state index contributed by atoms with van der Waals surface area (Å²) in [6.07, 6.45) is 0. The Balaban J connectivity index is 1.99. The van der Waals surface area contributed by atoms with Crippen molar-refractivity contribution in [3.63, 3.8) is 0 Å². The van der Waals surface area contributed by atoms with Gasteiger partial charge in [0.2, 0.25) is 0 Å². The lowest BCUT2D eigenvalue weighted by Gasteiger charge is -2.12. The number of hydrogen-bond donors (Lipinski definition) is 1. The Kier molecular flexibility index (Phi) is 5.76. The van der Waals surface area contributed by atoms with E-state index in [1.165, 1.54) is 11.1 Å². The summed E-state index contributed by atoms with van der Waals surface area (Å²) in [6, 6.07) is 6.44. The van der Waals surface area contributed by atoms with Crippen LogP contribution in [0.15, 0.2) is 23.6 Å². The van der Waals surface area contributed by atoms with Crippen LogP contribution in [0.2, 0.25) is 0 Å². The van der Waals surface area contributed by atoms with E-state index in [-0.39, 0.29) is 0 Å². The van der Waals surface area contributed by atoms with Crippen molar-refractivity contribution in [2.75, 3.05) is 6.54 Å². The van der Waals surface area contributed by atoms with E-state index in [0.717, 1.165) is 29.5 Å². The maximum absolute atomic E-state index is 5.96. The zero-order chi connectivity index (χ0) is 15.2. The van der Waals surface area contributed by atoms with Gasteiger partial charge in [-0.15, -0.1) is 11.3 Å². The molecule has 0 radical (unpaired) electrons. The van der Waals surface area contributed by atoms with E-state index in [2.05, 4.69) is 61.6 Å². The first-order valence-corrected chi connectivity index (χ1v) is 8.35. The van der Waals surface area contributed by atoms with Gasteiger partial charge < -0.3 is 10.1 Å². The van der Waals surface area contributed by atoms with Gasteiger partial charge in [0.1, 0.15) is 17.4 Å². The molecule has 1 aromatic heterocycles. The predicted molar refractivity (Wildman–Crippen MR) is 89.1 cm³/mol. The fraction of sp³-hybridized carbons (Fsp3) is 0.471. The number of thiazole rings is 1. The fourth-order valence-corrected chi connectivity index (χ4v) is 2.76. The normalized spacial score (nSPS) is 11.1. The number of rotatable bonds is 7. The zero-order valence-electron chi connectivity index (χ0n) is 13.3. The number of nitrogens with zero attached hydrogens (tertiary/aromatic N) is 1. The Labute approximate surface area is 131 Å². The van der Waals surface area contributed by atoms with E-state index in [1.807, 2.05) is 0 Å². The van der Waals surface area contributed by atoms with Crippen molar-refractivity contribution in [2.24, 2.45) is 0 Å². The van der Waals surface area contributed by atoms with E-state index in [1.54, 1.807) is 11.3 Å². The molecule has 1 N–H and O–H groups in total. The molecule has 0 atom stereocenters. The van der Waals surface area contributed by atoms with Crippen molar-refractivity contribution >= 4 is 11.3 Å². The molecule has 3 nitrogen and oxygen atoms in total. The highest BCUT2D eigenvalue weighted by atomic mass is 32.1. The topological polar surface area (TPSA) is 34.2 Å². The summed E-state index contributed by atoms with van der Waals surface area (Å²) in [5.74, 6) is 1.47. The molecule has 1 heterocycles. The molecule has 1 aromatic carbocycles. The van der Waals surface area contributed by atoms with Gasteiger partial charge in [0.05, 0.1) is 5.69 Å². The van der Waals surface area contributed by atoms with Gasteiger partial charge in [-0.2, -0.15) is 0 Å². The number of nitrogens with one attached hydrogen (secondary N) is 1. The summed E-state index contributed by atoms with van der Waals surface area (Å²) in [5.41, 5.74) is 3.48. The molecule has 0 aliphatic rings. The maximum atomic E-state index is 5.96. The third-order valence-corrected chi connectivity index (χ3v) is 4.28. The van der Waals surface area contributed by atoms with E-state index in [9.17, 15) is 0 Å². The van der Waals surface area contributed by atoms with Gasteiger partial charge in [0, 0.05) is 11.9 Å². The minimum Gasteiger partial charge on any atom is -0.487 e. The van der Waals surface area contributed by atoms with E-state index < -0.39 is 0 Å². The molecule has 0 bridgehead atoms. The Morgan fingerprint density at radius 2 is 2.14 bits per heavy atom.